The van der Waals surface area contributed by atoms with Gasteiger partial charge in [-0.25, -0.2) is 4.39 Å². The largest absolute Gasteiger partial charge is 0.205 e. The van der Waals surface area contributed by atoms with Gasteiger partial charge in [-0.2, -0.15) is 0 Å². The van der Waals surface area contributed by atoms with Crippen molar-refractivity contribution in [3.63, 3.8) is 0 Å². The molecular weight excluding hydrogens is 271 g/mol. The molecule has 0 saturated heterocycles. The summed E-state index contributed by atoms with van der Waals surface area (Å²) in [4.78, 5) is 0. The minimum Gasteiger partial charge on any atom is -0.205 e. The Morgan fingerprint density at radius 3 is 2.36 bits per heavy atom. The van der Waals surface area contributed by atoms with Crippen LogP contribution in [-0.2, 0) is 0 Å². The van der Waals surface area contributed by atoms with Crippen molar-refractivity contribution in [2.45, 2.75) is 44.9 Å². The SMILES string of the molecule is Cc1cccc(C#Cc2ccc(C3CCCCC3)cc2)c1F. The average molecular weight is 292 g/mol. The lowest BCUT2D eigenvalue weighted by Crippen LogP contribution is -2.04. The first-order valence-corrected chi connectivity index (χ1v) is 8.11. The minimum absolute atomic E-state index is 0.214. The standard InChI is InChI=1S/C21H21F/c1-16-6-5-9-20(21(16)22)15-12-17-10-13-19(14-11-17)18-7-3-2-4-8-18/h5-6,9-11,13-14,18H,2-4,7-8H2,1H3. The fourth-order valence-electron chi connectivity index (χ4n) is 3.16. The molecule has 22 heavy (non-hydrogen) atoms. The Hall–Kier alpha value is -2.07. The predicted molar refractivity (Wildman–Crippen MR) is 89.4 cm³/mol. The number of benzene rings is 2. The van der Waals surface area contributed by atoms with E-state index in [4.69, 9.17) is 0 Å². The maximum Gasteiger partial charge on any atom is 0.141 e. The van der Waals surface area contributed by atoms with Crippen LogP contribution in [0.15, 0.2) is 42.5 Å². The Morgan fingerprint density at radius 2 is 1.64 bits per heavy atom. The highest BCUT2D eigenvalue weighted by atomic mass is 19.1. The van der Waals surface area contributed by atoms with Gasteiger partial charge in [-0.15, -0.1) is 0 Å². The van der Waals surface area contributed by atoms with Crippen molar-refractivity contribution in [2.75, 3.05) is 0 Å². The predicted octanol–water partition coefficient (Wildman–Crippen LogP) is 5.58. The normalized spacial score (nSPS) is 15.2. The van der Waals surface area contributed by atoms with Crippen LogP contribution in [0.1, 0.15) is 60.3 Å². The van der Waals surface area contributed by atoms with Gasteiger partial charge in [0, 0.05) is 5.56 Å². The lowest BCUT2D eigenvalue weighted by atomic mass is 9.84. The third kappa shape index (κ3) is 3.39. The minimum atomic E-state index is -0.214. The molecule has 0 radical (unpaired) electrons. The average Bonchev–Trinajstić information content (AvgIpc) is 2.57. The number of hydrogen-bond donors (Lipinski definition) is 0. The van der Waals surface area contributed by atoms with Crippen LogP contribution >= 0.6 is 0 Å². The quantitative estimate of drug-likeness (QED) is 0.602. The van der Waals surface area contributed by atoms with Crippen molar-refractivity contribution in [1.82, 2.24) is 0 Å². The highest BCUT2D eigenvalue weighted by Crippen LogP contribution is 2.32. The molecule has 0 nitrogen and oxygen atoms in total. The summed E-state index contributed by atoms with van der Waals surface area (Å²) >= 11 is 0. The Labute approximate surface area is 132 Å². The molecule has 3 rings (SSSR count). The van der Waals surface area contributed by atoms with Crippen molar-refractivity contribution in [3.8, 4) is 11.8 Å². The third-order valence-electron chi connectivity index (χ3n) is 4.52. The summed E-state index contributed by atoms with van der Waals surface area (Å²) in [5, 5.41) is 0. The van der Waals surface area contributed by atoms with Crippen LogP contribution in [-0.4, -0.2) is 0 Å². The molecule has 2 aromatic rings. The molecule has 0 spiro atoms. The van der Waals surface area contributed by atoms with Crippen molar-refractivity contribution in [2.24, 2.45) is 0 Å². The maximum atomic E-state index is 13.9. The fourth-order valence-corrected chi connectivity index (χ4v) is 3.16. The molecule has 1 aliphatic carbocycles. The van der Waals surface area contributed by atoms with Crippen LogP contribution in [0, 0.1) is 24.6 Å². The molecule has 0 heterocycles. The van der Waals surface area contributed by atoms with Crippen molar-refractivity contribution >= 4 is 0 Å². The van der Waals surface area contributed by atoms with E-state index in [1.165, 1.54) is 37.7 Å². The molecular formula is C21H21F. The zero-order valence-electron chi connectivity index (χ0n) is 13.0. The second-order valence-electron chi connectivity index (χ2n) is 6.14. The van der Waals surface area contributed by atoms with E-state index < -0.39 is 0 Å². The van der Waals surface area contributed by atoms with Crippen LogP contribution in [0.4, 0.5) is 4.39 Å². The van der Waals surface area contributed by atoms with Gasteiger partial charge in [0.15, 0.2) is 0 Å². The van der Waals surface area contributed by atoms with E-state index >= 15 is 0 Å². The fraction of sp³-hybridized carbons (Fsp3) is 0.333. The van der Waals surface area contributed by atoms with Gasteiger partial charge < -0.3 is 0 Å². The first-order chi connectivity index (χ1) is 10.7. The molecule has 0 atom stereocenters. The maximum absolute atomic E-state index is 13.9. The van der Waals surface area contributed by atoms with E-state index in [1.54, 1.807) is 19.1 Å². The molecule has 2 aromatic carbocycles. The van der Waals surface area contributed by atoms with Gasteiger partial charge in [0.05, 0.1) is 5.56 Å². The molecule has 112 valence electrons. The third-order valence-corrected chi connectivity index (χ3v) is 4.52. The Bertz CT molecular complexity index is 695. The van der Waals surface area contributed by atoms with Gasteiger partial charge in [-0.3, -0.25) is 0 Å². The van der Waals surface area contributed by atoms with E-state index in [0.717, 1.165) is 5.56 Å². The summed E-state index contributed by atoms with van der Waals surface area (Å²) in [6.45, 7) is 1.76. The van der Waals surface area contributed by atoms with E-state index in [0.29, 0.717) is 17.0 Å². The number of rotatable bonds is 1. The van der Waals surface area contributed by atoms with Crippen molar-refractivity contribution in [1.29, 1.82) is 0 Å². The highest BCUT2D eigenvalue weighted by molar-refractivity contribution is 5.45. The highest BCUT2D eigenvalue weighted by Gasteiger charge is 2.14. The number of halogens is 1. The van der Waals surface area contributed by atoms with Gasteiger partial charge in [-0.05, 0) is 55.0 Å². The van der Waals surface area contributed by atoms with E-state index in [1.807, 2.05) is 6.07 Å². The summed E-state index contributed by atoms with van der Waals surface area (Å²) in [6, 6.07) is 13.8. The summed E-state index contributed by atoms with van der Waals surface area (Å²) in [6.07, 6.45) is 6.68. The van der Waals surface area contributed by atoms with Crippen LogP contribution in [0.25, 0.3) is 0 Å². The molecule has 1 fully saturated rings. The number of aryl methyl sites for hydroxylation is 1. The molecule has 0 aliphatic heterocycles. The summed E-state index contributed by atoms with van der Waals surface area (Å²) in [7, 11) is 0. The van der Waals surface area contributed by atoms with Crippen LogP contribution in [0.2, 0.25) is 0 Å². The van der Waals surface area contributed by atoms with Gasteiger partial charge in [0.25, 0.3) is 0 Å². The molecule has 0 aromatic heterocycles. The van der Waals surface area contributed by atoms with Crippen LogP contribution in [0.3, 0.4) is 0 Å². The van der Waals surface area contributed by atoms with Gasteiger partial charge in [-0.1, -0.05) is 55.4 Å². The Balaban J connectivity index is 1.76. The van der Waals surface area contributed by atoms with Gasteiger partial charge in [0.1, 0.15) is 5.82 Å². The van der Waals surface area contributed by atoms with Gasteiger partial charge in [0.2, 0.25) is 0 Å². The topological polar surface area (TPSA) is 0 Å². The van der Waals surface area contributed by atoms with Crippen molar-refractivity contribution in [3.05, 3.63) is 70.5 Å². The smallest absolute Gasteiger partial charge is 0.141 e. The molecule has 1 saturated carbocycles. The van der Waals surface area contributed by atoms with E-state index in [2.05, 4.69) is 36.1 Å². The summed E-state index contributed by atoms with van der Waals surface area (Å²) in [5.74, 6) is 6.51. The van der Waals surface area contributed by atoms with E-state index in [-0.39, 0.29) is 5.82 Å². The molecule has 0 amide bonds. The lowest BCUT2D eigenvalue weighted by Gasteiger charge is -2.21. The molecule has 1 heteroatoms. The van der Waals surface area contributed by atoms with Crippen molar-refractivity contribution < 1.29 is 4.39 Å². The Morgan fingerprint density at radius 1 is 0.909 bits per heavy atom. The molecule has 0 bridgehead atoms. The zero-order valence-corrected chi connectivity index (χ0v) is 13.0. The first-order valence-electron chi connectivity index (χ1n) is 8.11. The lowest BCUT2D eigenvalue weighted by molar-refractivity contribution is 0.443. The first kappa shape index (κ1) is 14.9. The summed E-state index contributed by atoms with van der Waals surface area (Å²) in [5.41, 5.74) is 3.48. The van der Waals surface area contributed by atoms with Gasteiger partial charge >= 0.3 is 0 Å². The number of hydrogen-bond acceptors (Lipinski definition) is 0. The van der Waals surface area contributed by atoms with E-state index in [9.17, 15) is 4.39 Å². The molecule has 0 N–H and O–H groups in total. The Kier molecular flexibility index (Phi) is 4.59. The van der Waals surface area contributed by atoms with Crippen LogP contribution in [0.5, 0.6) is 0 Å². The second-order valence-corrected chi connectivity index (χ2v) is 6.14. The summed E-state index contributed by atoms with van der Waals surface area (Å²) < 4.78 is 13.9. The zero-order chi connectivity index (χ0) is 15.4. The monoisotopic (exact) mass is 292 g/mol. The van der Waals surface area contributed by atoms with Crippen LogP contribution < -0.4 is 0 Å². The second kappa shape index (κ2) is 6.79. The molecule has 0 unspecified atom stereocenters. The molecule has 1 aliphatic rings.